The van der Waals surface area contributed by atoms with Crippen molar-refractivity contribution in [3.05, 3.63) is 34.6 Å². The molecular formula is C30H36O13. The Morgan fingerprint density at radius 3 is 2.40 bits per heavy atom. The summed E-state index contributed by atoms with van der Waals surface area (Å²) in [6.45, 7) is 8.75. The first-order valence-corrected chi connectivity index (χ1v) is 13.9. The van der Waals surface area contributed by atoms with Crippen molar-refractivity contribution in [2.24, 2.45) is 22.7 Å². The van der Waals surface area contributed by atoms with Gasteiger partial charge in [-0.25, -0.2) is 14.4 Å². The van der Waals surface area contributed by atoms with Gasteiger partial charge in [0.15, 0.2) is 5.76 Å². The molecule has 2 aliphatic heterocycles. The molecule has 3 aliphatic carbocycles. The Kier molecular flexibility index (Phi) is 6.99. The average molecular weight is 605 g/mol. The first-order chi connectivity index (χ1) is 19.9. The Balaban J connectivity index is 1.66. The summed E-state index contributed by atoms with van der Waals surface area (Å²) in [6.07, 6.45) is -4.17. The molecule has 2 bridgehead atoms. The van der Waals surface area contributed by atoms with Crippen LogP contribution in [0.4, 0.5) is 0 Å². The molecule has 2 saturated carbocycles. The molecule has 0 radical (unpaired) electrons. The number of ether oxygens (including phenoxy) is 5. The molecule has 9 atom stereocenters. The second-order valence-electron chi connectivity index (χ2n) is 12.7. The molecule has 0 aromatic carbocycles. The Bertz CT molecular complexity index is 1420. The molecule has 0 aromatic rings. The van der Waals surface area contributed by atoms with Gasteiger partial charge in [0.25, 0.3) is 0 Å². The number of aliphatic hydroxyl groups excluding tert-OH is 3. The van der Waals surface area contributed by atoms with Crippen molar-refractivity contribution >= 4 is 29.7 Å². The summed E-state index contributed by atoms with van der Waals surface area (Å²) in [4.78, 5) is 64.6. The van der Waals surface area contributed by atoms with Crippen LogP contribution in [0, 0.1) is 22.7 Å². The number of rotatable bonds is 5. The minimum absolute atomic E-state index is 0.00370. The number of Topliss-reactive ketones (excluding diaryl/α,β-unsaturated/α-hetero) is 1. The fourth-order valence-corrected chi connectivity index (χ4v) is 8.27. The largest absolute Gasteiger partial charge is 0.504 e. The van der Waals surface area contributed by atoms with Crippen LogP contribution < -0.4 is 0 Å². The normalized spacial score (nSPS) is 40.1. The summed E-state index contributed by atoms with van der Waals surface area (Å²) in [7, 11) is 1.05. The Morgan fingerprint density at radius 2 is 1.79 bits per heavy atom. The van der Waals surface area contributed by atoms with Crippen molar-refractivity contribution in [3.63, 3.8) is 0 Å². The Labute approximate surface area is 247 Å². The van der Waals surface area contributed by atoms with Gasteiger partial charge in [-0.1, -0.05) is 6.92 Å². The van der Waals surface area contributed by atoms with Crippen molar-refractivity contribution in [1.29, 1.82) is 0 Å². The van der Waals surface area contributed by atoms with Gasteiger partial charge in [0.2, 0.25) is 17.5 Å². The molecule has 0 aromatic heterocycles. The molecule has 3 N–H and O–H groups in total. The predicted molar refractivity (Wildman–Crippen MR) is 143 cm³/mol. The molecule has 1 spiro atoms. The quantitative estimate of drug-likeness (QED) is 0.227. The van der Waals surface area contributed by atoms with Gasteiger partial charge in [0.1, 0.15) is 17.8 Å². The van der Waals surface area contributed by atoms with E-state index in [1.54, 1.807) is 20.8 Å². The number of aliphatic hydroxyl groups is 3. The van der Waals surface area contributed by atoms with Crippen LogP contribution in [0.3, 0.4) is 0 Å². The lowest BCUT2D eigenvalue weighted by atomic mass is 9.40. The summed E-state index contributed by atoms with van der Waals surface area (Å²) >= 11 is 0. The number of methoxy groups -OCH3 is 1. The highest BCUT2D eigenvalue weighted by molar-refractivity contribution is 6.08. The fraction of sp³-hybridized carbons (Fsp3) is 0.633. The topological polar surface area (TPSA) is 192 Å². The highest BCUT2D eigenvalue weighted by atomic mass is 16.6. The van der Waals surface area contributed by atoms with Crippen LogP contribution in [0.5, 0.6) is 0 Å². The molecule has 43 heavy (non-hydrogen) atoms. The second kappa shape index (κ2) is 9.73. The van der Waals surface area contributed by atoms with E-state index in [1.165, 1.54) is 26.8 Å². The SMILES string of the molecule is COC(=O)C12OCC34C(CC5=C(C)C(=O)C(O)=CC5(C)C3C(O)C1O)OC(=O)C(OC(=O)C=C(C)C(C)(C)OC(C)=O)C24. The number of fused-ring (bicyclic) bond motifs is 2. The van der Waals surface area contributed by atoms with Crippen LogP contribution in [0.25, 0.3) is 0 Å². The van der Waals surface area contributed by atoms with Crippen LogP contribution in [0.15, 0.2) is 34.6 Å². The van der Waals surface area contributed by atoms with Gasteiger partial charge in [-0.2, -0.15) is 0 Å². The van der Waals surface area contributed by atoms with E-state index in [2.05, 4.69) is 0 Å². The standard InChI is InChI=1S/C30H36O13/c1-12(27(4,5)43-14(3)31)8-18(33)42-21-23-29-11-40-30(23,26(38)39-7)24(36)20(35)22(29)28(6)10-16(32)19(34)13(2)15(28)9-17(29)41-25(21)37/h8,10,17,20-24,32,35-36H,9,11H2,1-7H3. The van der Waals surface area contributed by atoms with E-state index in [0.29, 0.717) is 5.57 Å². The lowest BCUT2D eigenvalue weighted by Gasteiger charge is -2.65. The molecule has 13 heteroatoms. The number of ketones is 1. The first kappa shape index (κ1) is 30.9. The highest BCUT2D eigenvalue weighted by Crippen LogP contribution is 2.71. The third kappa shape index (κ3) is 3.97. The number of hydrogen-bond donors (Lipinski definition) is 3. The summed E-state index contributed by atoms with van der Waals surface area (Å²) < 4.78 is 27.9. The Morgan fingerprint density at radius 1 is 1.14 bits per heavy atom. The molecular weight excluding hydrogens is 568 g/mol. The van der Waals surface area contributed by atoms with Gasteiger partial charge in [0.05, 0.1) is 25.7 Å². The number of carbonyl (C=O) groups is 5. The third-order valence-electron chi connectivity index (χ3n) is 10.3. The lowest BCUT2D eigenvalue weighted by molar-refractivity contribution is -0.272. The second-order valence-corrected chi connectivity index (χ2v) is 12.7. The van der Waals surface area contributed by atoms with E-state index < -0.39 is 93.7 Å². The molecule has 234 valence electrons. The third-order valence-corrected chi connectivity index (χ3v) is 10.3. The van der Waals surface area contributed by atoms with Crippen molar-refractivity contribution in [1.82, 2.24) is 0 Å². The fourth-order valence-electron chi connectivity index (χ4n) is 8.27. The van der Waals surface area contributed by atoms with Crippen LogP contribution >= 0.6 is 0 Å². The zero-order valence-corrected chi connectivity index (χ0v) is 25.0. The van der Waals surface area contributed by atoms with Gasteiger partial charge in [-0.05, 0) is 44.9 Å². The van der Waals surface area contributed by atoms with E-state index in [4.69, 9.17) is 23.7 Å². The van der Waals surface area contributed by atoms with Crippen molar-refractivity contribution in [2.75, 3.05) is 13.7 Å². The molecule has 9 unspecified atom stereocenters. The monoisotopic (exact) mass is 604 g/mol. The van der Waals surface area contributed by atoms with Gasteiger partial charge in [-0.3, -0.25) is 9.59 Å². The molecule has 13 nitrogen and oxygen atoms in total. The molecule has 2 saturated heterocycles. The maximum Gasteiger partial charge on any atom is 0.348 e. The van der Waals surface area contributed by atoms with Crippen LogP contribution in [0.2, 0.25) is 0 Å². The zero-order valence-electron chi connectivity index (χ0n) is 25.0. The molecule has 4 fully saturated rings. The van der Waals surface area contributed by atoms with E-state index >= 15 is 0 Å². The van der Waals surface area contributed by atoms with Crippen LogP contribution in [-0.2, 0) is 47.7 Å². The van der Waals surface area contributed by atoms with Crippen LogP contribution in [-0.4, -0.2) is 94.3 Å². The number of allylic oxidation sites excluding steroid dienone is 2. The van der Waals surface area contributed by atoms with Crippen molar-refractivity contribution in [3.8, 4) is 0 Å². The summed E-state index contributed by atoms with van der Waals surface area (Å²) in [6, 6.07) is 0. The smallest absolute Gasteiger partial charge is 0.348 e. The first-order valence-electron chi connectivity index (χ1n) is 13.9. The molecule has 2 heterocycles. The van der Waals surface area contributed by atoms with E-state index in [9.17, 15) is 39.3 Å². The van der Waals surface area contributed by atoms with Crippen LogP contribution in [0.1, 0.15) is 48.0 Å². The summed E-state index contributed by atoms with van der Waals surface area (Å²) in [5.41, 5.74) is -5.22. The molecule has 0 amide bonds. The molecule has 5 rings (SSSR count). The van der Waals surface area contributed by atoms with Gasteiger partial charge >= 0.3 is 23.9 Å². The summed E-state index contributed by atoms with van der Waals surface area (Å²) in [5, 5.41) is 33.9. The van der Waals surface area contributed by atoms with Gasteiger partial charge in [-0.15, -0.1) is 0 Å². The number of hydrogen-bond acceptors (Lipinski definition) is 13. The number of carbonyl (C=O) groups excluding carboxylic acids is 5. The van der Waals surface area contributed by atoms with E-state index in [1.807, 2.05) is 0 Å². The molecule has 5 aliphatic rings. The minimum atomic E-state index is -2.33. The Hall–Kier alpha value is -3.55. The maximum atomic E-state index is 13.6. The van der Waals surface area contributed by atoms with E-state index in [-0.39, 0.29) is 24.2 Å². The van der Waals surface area contributed by atoms with E-state index in [0.717, 1.165) is 13.2 Å². The van der Waals surface area contributed by atoms with Gasteiger partial charge in [0, 0.05) is 41.7 Å². The maximum absolute atomic E-state index is 13.6. The average Bonchev–Trinajstić information content (AvgIpc) is 3.21. The zero-order chi connectivity index (χ0) is 32.0. The van der Waals surface area contributed by atoms with Crippen molar-refractivity contribution < 1.29 is 63.0 Å². The van der Waals surface area contributed by atoms with Crippen molar-refractivity contribution in [2.45, 2.75) is 83.6 Å². The summed E-state index contributed by atoms with van der Waals surface area (Å²) in [5.74, 6) is -7.35. The predicted octanol–water partition coefficient (Wildman–Crippen LogP) is 0.759. The minimum Gasteiger partial charge on any atom is -0.504 e. The lowest BCUT2D eigenvalue weighted by Crippen LogP contribution is -2.78. The number of esters is 4. The highest BCUT2D eigenvalue weighted by Gasteiger charge is 2.84. The van der Waals surface area contributed by atoms with Gasteiger partial charge < -0.3 is 39.0 Å².